The summed E-state index contributed by atoms with van der Waals surface area (Å²) in [5.41, 5.74) is 9.46. The van der Waals surface area contributed by atoms with Crippen molar-refractivity contribution >= 4 is 0 Å². The van der Waals surface area contributed by atoms with Crippen molar-refractivity contribution in [1.82, 2.24) is 14.8 Å². The minimum atomic E-state index is -0.122. The second-order valence-electron chi connectivity index (χ2n) is 3.84. The maximum absolute atomic E-state index is 6.20. The molecule has 0 aliphatic rings. The second kappa shape index (κ2) is 4.45. The van der Waals surface area contributed by atoms with E-state index >= 15 is 0 Å². The van der Waals surface area contributed by atoms with Crippen LogP contribution in [0.3, 0.4) is 0 Å². The third kappa shape index (κ3) is 1.97. The van der Waals surface area contributed by atoms with Crippen molar-refractivity contribution in [2.75, 3.05) is 0 Å². The van der Waals surface area contributed by atoms with Crippen LogP contribution in [-0.2, 0) is 6.54 Å². The second-order valence-corrected chi connectivity index (χ2v) is 3.84. The van der Waals surface area contributed by atoms with Crippen molar-refractivity contribution in [2.45, 2.75) is 26.4 Å². The Morgan fingerprint density at radius 2 is 2.25 bits per heavy atom. The van der Waals surface area contributed by atoms with Gasteiger partial charge in [-0.15, -0.1) is 0 Å². The SMILES string of the molecule is CCn1cc(C(N)c2ccncc2C)cn1. The molecule has 4 nitrogen and oxygen atoms in total. The van der Waals surface area contributed by atoms with Gasteiger partial charge < -0.3 is 5.73 Å². The van der Waals surface area contributed by atoms with Gasteiger partial charge in [0.15, 0.2) is 0 Å². The average Bonchev–Trinajstić information content (AvgIpc) is 2.77. The molecule has 2 heterocycles. The number of nitrogens with two attached hydrogens (primary N) is 1. The van der Waals surface area contributed by atoms with Crippen LogP contribution >= 0.6 is 0 Å². The largest absolute Gasteiger partial charge is 0.320 e. The predicted octanol–water partition coefficient (Wildman–Crippen LogP) is 1.65. The molecule has 0 saturated heterocycles. The normalized spacial score (nSPS) is 12.7. The highest BCUT2D eigenvalue weighted by atomic mass is 15.3. The van der Waals surface area contributed by atoms with E-state index in [0.717, 1.165) is 23.2 Å². The molecule has 2 rings (SSSR count). The third-order valence-corrected chi connectivity index (χ3v) is 2.74. The van der Waals surface area contributed by atoms with Gasteiger partial charge in [-0.1, -0.05) is 0 Å². The molecule has 1 unspecified atom stereocenters. The lowest BCUT2D eigenvalue weighted by Gasteiger charge is -2.12. The van der Waals surface area contributed by atoms with Crippen LogP contribution in [0, 0.1) is 6.92 Å². The average molecular weight is 216 g/mol. The van der Waals surface area contributed by atoms with Gasteiger partial charge in [0, 0.05) is 30.7 Å². The molecule has 0 aliphatic carbocycles. The van der Waals surface area contributed by atoms with Crippen LogP contribution in [0.1, 0.15) is 29.7 Å². The van der Waals surface area contributed by atoms with Crippen molar-refractivity contribution in [3.05, 3.63) is 47.5 Å². The predicted molar refractivity (Wildman–Crippen MR) is 62.9 cm³/mol. The molecule has 0 bridgehead atoms. The number of hydrogen-bond donors (Lipinski definition) is 1. The molecular weight excluding hydrogens is 200 g/mol. The Morgan fingerprint density at radius 1 is 1.44 bits per heavy atom. The van der Waals surface area contributed by atoms with E-state index in [-0.39, 0.29) is 6.04 Å². The number of nitrogens with zero attached hydrogens (tertiary/aromatic N) is 3. The van der Waals surface area contributed by atoms with Crippen LogP contribution in [0.2, 0.25) is 0 Å². The lowest BCUT2D eigenvalue weighted by molar-refractivity contribution is 0.658. The van der Waals surface area contributed by atoms with Gasteiger partial charge in [0.25, 0.3) is 0 Å². The van der Waals surface area contributed by atoms with Crippen molar-refractivity contribution in [1.29, 1.82) is 0 Å². The maximum atomic E-state index is 6.20. The number of hydrogen-bond acceptors (Lipinski definition) is 3. The van der Waals surface area contributed by atoms with Crippen molar-refractivity contribution in [3.8, 4) is 0 Å². The standard InChI is InChI=1S/C12H16N4/c1-3-16-8-10(7-15-16)12(13)11-4-5-14-6-9(11)2/h4-8,12H,3,13H2,1-2H3. The number of aromatic nitrogens is 3. The Hall–Kier alpha value is -1.68. The summed E-state index contributed by atoms with van der Waals surface area (Å²) in [6.07, 6.45) is 7.42. The Labute approximate surface area is 95.1 Å². The van der Waals surface area contributed by atoms with Crippen LogP contribution in [0.4, 0.5) is 0 Å². The van der Waals surface area contributed by atoms with E-state index in [2.05, 4.69) is 17.0 Å². The topological polar surface area (TPSA) is 56.7 Å². The first-order chi connectivity index (χ1) is 7.72. The summed E-state index contributed by atoms with van der Waals surface area (Å²) in [7, 11) is 0. The van der Waals surface area contributed by atoms with Crippen molar-refractivity contribution in [3.63, 3.8) is 0 Å². The van der Waals surface area contributed by atoms with Gasteiger partial charge in [-0.2, -0.15) is 5.10 Å². The van der Waals surface area contributed by atoms with E-state index < -0.39 is 0 Å². The Kier molecular flexibility index (Phi) is 3.01. The first kappa shape index (κ1) is 10.8. The number of rotatable bonds is 3. The van der Waals surface area contributed by atoms with Crippen molar-refractivity contribution in [2.24, 2.45) is 5.73 Å². The monoisotopic (exact) mass is 216 g/mol. The zero-order valence-corrected chi connectivity index (χ0v) is 9.59. The molecule has 1 atom stereocenters. The molecule has 16 heavy (non-hydrogen) atoms. The Morgan fingerprint density at radius 3 is 2.88 bits per heavy atom. The zero-order chi connectivity index (χ0) is 11.5. The minimum Gasteiger partial charge on any atom is -0.320 e. The highest BCUT2D eigenvalue weighted by molar-refractivity contribution is 5.32. The molecule has 0 radical (unpaired) electrons. The van der Waals surface area contributed by atoms with Crippen LogP contribution in [0.5, 0.6) is 0 Å². The van der Waals surface area contributed by atoms with Gasteiger partial charge in [0.2, 0.25) is 0 Å². The summed E-state index contributed by atoms with van der Waals surface area (Å²) in [6.45, 7) is 4.94. The highest BCUT2D eigenvalue weighted by Gasteiger charge is 2.12. The summed E-state index contributed by atoms with van der Waals surface area (Å²) >= 11 is 0. The van der Waals surface area contributed by atoms with E-state index in [1.807, 2.05) is 36.3 Å². The summed E-state index contributed by atoms with van der Waals surface area (Å²) < 4.78 is 1.88. The molecule has 4 heteroatoms. The molecule has 0 saturated carbocycles. The Bertz CT molecular complexity index is 475. The van der Waals surface area contributed by atoms with Crippen LogP contribution in [0.15, 0.2) is 30.9 Å². The molecule has 0 aliphatic heterocycles. The van der Waals surface area contributed by atoms with E-state index in [1.54, 1.807) is 6.20 Å². The van der Waals surface area contributed by atoms with Crippen LogP contribution in [0.25, 0.3) is 0 Å². The molecular formula is C12H16N4. The molecule has 0 aromatic carbocycles. The van der Waals surface area contributed by atoms with Gasteiger partial charge in [-0.3, -0.25) is 9.67 Å². The Balaban J connectivity index is 2.31. The summed E-state index contributed by atoms with van der Waals surface area (Å²) in [4.78, 5) is 4.07. The molecule has 2 aromatic heterocycles. The minimum absolute atomic E-state index is 0.122. The maximum Gasteiger partial charge on any atom is 0.0586 e. The molecule has 2 N–H and O–H groups in total. The fourth-order valence-electron chi connectivity index (χ4n) is 1.73. The van der Waals surface area contributed by atoms with Gasteiger partial charge in [0.1, 0.15) is 0 Å². The molecule has 0 spiro atoms. The van der Waals surface area contributed by atoms with E-state index in [1.165, 1.54) is 0 Å². The van der Waals surface area contributed by atoms with E-state index in [4.69, 9.17) is 5.73 Å². The lowest BCUT2D eigenvalue weighted by atomic mass is 10.00. The molecule has 84 valence electrons. The highest BCUT2D eigenvalue weighted by Crippen LogP contribution is 2.21. The van der Waals surface area contributed by atoms with Crippen molar-refractivity contribution < 1.29 is 0 Å². The fraction of sp³-hybridized carbons (Fsp3) is 0.333. The molecule has 0 amide bonds. The number of aryl methyl sites for hydroxylation is 2. The van der Waals surface area contributed by atoms with Crippen LogP contribution < -0.4 is 5.73 Å². The smallest absolute Gasteiger partial charge is 0.0586 e. The fourth-order valence-corrected chi connectivity index (χ4v) is 1.73. The first-order valence-corrected chi connectivity index (χ1v) is 5.40. The quantitative estimate of drug-likeness (QED) is 0.848. The third-order valence-electron chi connectivity index (χ3n) is 2.74. The van der Waals surface area contributed by atoms with E-state index in [9.17, 15) is 0 Å². The van der Waals surface area contributed by atoms with Gasteiger partial charge >= 0.3 is 0 Å². The van der Waals surface area contributed by atoms with Crippen LogP contribution in [-0.4, -0.2) is 14.8 Å². The molecule has 2 aromatic rings. The lowest BCUT2D eigenvalue weighted by Crippen LogP contribution is -2.12. The van der Waals surface area contributed by atoms with Gasteiger partial charge in [0.05, 0.1) is 12.2 Å². The summed E-state index contributed by atoms with van der Waals surface area (Å²) in [6, 6.07) is 1.84. The summed E-state index contributed by atoms with van der Waals surface area (Å²) in [5, 5.41) is 4.23. The van der Waals surface area contributed by atoms with Gasteiger partial charge in [-0.25, -0.2) is 0 Å². The summed E-state index contributed by atoms with van der Waals surface area (Å²) in [5.74, 6) is 0. The zero-order valence-electron chi connectivity index (χ0n) is 9.59. The van der Waals surface area contributed by atoms with E-state index in [0.29, 0.717) is 0 Å². The first-order valence-electron chi connectivity index (χ1n) is 5.40. The molecule has 0 fully saturated rings. The van der Waals surface area contributed by atoms with Gasteiger partial charge in [-0.05, 0) is 31.0 Å². The number of pyridine rings is 1.